The van der Waals surface area contributed by atoms with Crippen LogP contribution in [-0.4, -0.2) is 57.1 Å². The number of hydrogen-bond acceptors (Lipinski definition) is 6. The first-order valence-corrected chi connectivity index (χ1v) is 12.2. The summed E-state index contributed by atoms with van der Waals surface area (Å²) in [6.45, 7) is 6.18. The fraction of sp³-hybridized carbons (Fsp3) is 0.609. The van der Waals surface area contributed by atoms with Crippen LogP contribution in [-0.2, 0) is 30.4 Å². The maximum atomic E-state index is 13.1. The van der Waals surface area contributed by atoms with Gasteiger partial charge in [-0.3, -0.25) is 8.98 Å². The number of aryl methyl sites for hydroxylation is 1. The van der Waals surface area contributed by atoms with Crippen molar-refractivity contribution < 1.29 is 22.1 Å². The molecule has 0 unspecified atom stereocenters. The van der Waals surface area contributed by atoms with Gasteiger partial charge in [0.1, 0.15) is 0 Å². The highest BCUT2D eigenvalue weighted by molar-refractivity contribution is 7.85. The van der Waals surface area contributed by atoms with Gasteiger partial charge in [-0.05, 0) is 77.7 Å². The summed E-state index contributed by atoms with van der Waals surface area (Å²) in [5.74, 6) is -0.00561. The van der Waals surface area contributed by atoms with E-state index >= 15 is 0 Å². The third-order valence-corrected chi connectivity index (χ3v) is 7.07. The molecule has 172 valence electrons. The second kappa shape index (κ2) is 9.30. The standard InChI is InChI=1S/C23H34N2O5S/c1-17-9-10-21-20(13-17)19(11-12-24(4)5)14-25(21)31(27,28)30-16-23(2,3)22(26)29-15-18-7-6-8-18/h9-10,13-14,18H,6-8,11-12,15-16H2,1-5H3. The molecule has 1 aromatic heterocycles. The van der Waals surface area contributed by atoms with Gasteiger partial charge in [0.15, 0.2) is 0 Å². The van der Waals surface area contributed by atoms with Crippen LogP contribution in [0.25, 0.3) is 10.9 Å². The van der Waals surface area contributed by atoms with Crippen molar-refractivity contribution in [1.82, 2.24) is 8.87 Å². The topological polar surface area (TPSA) is 77.8 Å². The monoisotopic (exact) mass is 450 g/mol. The molecule has 0 spiro atoms. The van der Waals surface area contributed by atoms with Crippen molar-refractivity contribution in [1.29, 1.82) is 0 Å². The number of rotatable bonds is 10. The number of fused-ring (bicyclic) bond motifs is 1. The van der Waals surface area contributed by atoms with Gasteiger partial charge in [-0.2, -0.15) is 8.42 Å². The van der Waals surface area contributed by atoms with E-state index in [2.05, 4.69) is 4.90 Å². The largest absolute Gasteiger partial charge is 0.465 e. The molecule has 7 nitrogen and oxygen atoms in total. The van der Waals surface area contributed by atoms with E-state index in [0.29, 0.717) is 24.5 Å². The Morgan fingerprint density at radius 1 is 1.26 bits per heavy atom. The predicted molar refractivity (Wildman–Crippen MR) is 121 cm³/mol. The normalized spacial score (nSPS) is 15.4. The third kappa shape index (κ3) is 5.67. The molecule has 8 heteroatoms. The first-order valence-electron chi connectivity index (χ1n) is 10.8. The van der Waals surface area contributed by atoms with E-state index in [1.165, 1.54) is 10.4 Å². The smallest absolute Gasteiger partial charge is 0.366 e. The first kappa shape index (κ1) is 23.8. The van der Waals surface area contributed by atoms with Gasteiger partial charge < -0.3 is 9.64 Å². The van der Waals surface area contributed by atoms with Gasteiger partial charge in [0.05, 0.1) is 24.1 Å². The highest BCUT2D eigenvalue weighted by atomic mass is 32.2. The summed E-state index contributed by atoms with van der Waals surface area (Å²) in [5, 5.41) is 0.896. The zero-order valence-corrected chi connectivity index (χ0v) is 20.0. The maximum Gasteiger partial charge on any atom is 0.366 e. The maximum absolute atomic E-state index is 13.1. The number of carbonyl (C=O) groups is 1. The Bertz CT molecular complexity index is 1040. The van der Waals surface area contributed by atoms with Crippen LogP contribution >= 0.6 is 0 Å². The fourth-order valence-electron chi connectivity index (χ4n) is 3.49. The van der Waals surface area contributed by atoms with E-state index in [0.717, 1.165) is 35.9 Å². The Kier molecular flexibility index (Phi) is 7.13. The summed E-state index contributed by atoms with van der Waals surface area (Å²) < 4.78 is 38.0. The molecule has 0 aliphatic heterocycles. The highest BCUT2D eigenvalue weighted by Crippen LogP contribution is 2.29. The Labute approximate surface area is 185 Å². The number of hydrogen-bond donors (Lipinski definition) is 0. The van der Waals surface area contributed by atoms with Crippen LogP contribution in [0.2, 0.25) is 0 Å². The molecule has 0 bridgehead atoms. The minimum Gasteiger partial charge on any atom is -0.465 e. The molecular weight excluding hydrogens is 416 g/mol. The molecule has 0 N–H and O–H groups in total. The van der Waals surface area contributed by atoms with Gasteiger partial charge in [-0.15, -0.1) is 0 Å². The zero-order chi connectivity index (χ0) is 22.8. The number of esters is 1. The average Bonchev–Trinajstić information content (AvgIpc) is 3.02. The van der Waals surface area contributed by atoms with Crippen molar-refractivity contribution in [2.24, 2.45) is 11.3 Å². The van der Waals surface area contributed by atoms with E-state index in [1.54, 1.807) is 26.1 Å². The van der Waals surface area contributed by atoms with Crippen LogP contribution in [0.5, 0.6) is 0 Å². The van der Waals surface area contributed by atoms with E-state index < -0.39 is 21.7 Å². The van der Waals surface area contributed by atoms with Crippen LogP contribution in [0.3, 0.4) is 0 Å². The quantitative estimate of drug-likeness (QED) is 0.515. The van der Waals surface area contributed by atoms with E-state index in [4.69, 9.17) is 8.92 Å². The van der Waals surface area contributed by atoms with Crippen molar-refractivity contribution in [2.75, 3.05) is 33.9 Å². The Morgan fingerprint density at radius 2 is 1.97 bits per heavy atom. The summed E-state index contributed by atoms with van der Waals surface area (Å²) >= 11 is 0. The van der Waals surface area contributed by atoms with Gasteiger partial charge in [0, 0.05) is 18.1 Å². The SMILES string of the molecule is Cc1ccc2c(c1)c(CCN(C)C)cn2S(=O)(=O)OCC(C)(C)C(=O)OCC1CCC1. The van der Waals surface area contributed by atoms with Gasteiger partial charge in [0.25, 0.3) is 0 Å². The van der Waals surface area contributed by atoms with Crippen molar-refractivity contribution in [3.8, 4) is 0 Å². The fourth-order valence-corrected chi connectivity index (χ4v) is 4.71. The summed E-state index contributed by atoms with van der Waals surface area (Å²) in [6, 6.07) is 5.67. The van der Waals surface area contributed by atoms with Crippen LogP contribution in [0.1, 0.15) is 44.2 Å². The van der Waals surface area contributed by atoms with Gasteiger partial charge in [-0.1, -0.05) is 18.1 Å². The van der Waals surface area contributed by atoms with Crippen LogP contribution in [0.4, 0.5) is 0 Å². The number of likely N-dealkylation sites (N-methyl/N-ethyl adjacent to an activating group) is 1. The summed E-state index contributed by atoms with van der Waals surface area (Å²) in [4.78, 5) is 14.5. The van der Waals surface area contributed by atoms with Gasteiger partial charge >= 0.3 is 16.3 Å². The molecule has 0 saturated heterocycles. The lowest BCUT2D eigenvalue weighted by atomic mass is 9.86. The number of benzene rings is 1. The van der Waals surface area contributed by atoms with Gasteiger partial charge in [0.2, 0.25) is 0 Å². The van der Waals surface area contributed by atoms with E-state index in [-0.39, 0.29) is 6.61 Å². The minimum absolute atomic E-state index is 0.280. The minimum atomic E-state index is -4.11. The summed E-state index contributed by atoms with van der Waals surface area (Å²) in [6.07, 6.45) is 5.68. The zero-order valence-electron chi connectivity index (χ0n) is 19.2. The van der Waals surface area contributed by atoms with Crippen molar-refractivity contribution in [3.63, 3.8) is 0 Å². The molecule has 1 heterocycles. The molecule has 31 heavy (non-hydrogen) atoms. The second-order valence-electron chi connectivity index (χ2n) is 9.52. The van der Waals surface area contributed by atoms with Crippen LogP contribution in [0, 0.1) is 18.3 Å². The van der Waals surface area contributed by atoms with E-state index in [1.807, 2.05) is 33.2 Å². The Hall–Kier alpha value is -1.90. The molecule has 1 saturated carbocycles. The lowest BCUT2D eigenvalue weighted by Crippen LogP contribution is -2.35. The summed E-state index contributed by atoms with van der Waals surface area (Å²) in [5.41, 5.74) is 1.51. The van der Waals surface area contributed by atoms with E-state index in [9.17, 15) is 13.2 Å². The number of nitrogens with zero attached hydrogens (tertiary/aromatic N) is 2. The molecule has 0 atom stereocenters. The average molecular weight is 451 g/mol. The first-order chi connectivity index (χ1) is 14.5. The molecular formula is C23H34N2O5S. The molecule has 1 fully saturated rings. The van der Waals surface area contributed by atoms with Crippen LogP contribution in [0.15, 0.2) is 24.4 Å². The second-order valence-corrected chi connectivity index (χ2v) is 11.0. The molecule has 1 aromatic carbocycles. The van der Waals surface area contributed by atoms with Gasteiger partial charge in [-0.25, -0.2) is 3.97 Å². The molecule has 2 aromatic rings. The molecule has 1 aliphatic rings. The lowest BCUT2D eigenvalue weighted by molar-refractivity contribution is -0.157. The Balaban J connectivity index is 1.76. The van der Waals surface area contributed by atoms with Crippen LogP contribution < -0.4 is 0 Å². The Morgan fingerprint density at radius 3 is 2.58 bits per heavy atom. The number of carbonyl (C=O) groups excluding carboxylic acids is 1. The molecule has 0 radical (unpaired) electrons. The summed E-state index contributed by atoms with van der Waals surface area (Å²) in [7, 11) is -0.149. The number of ether oxygens (including phenoxy) is 1. The van der Waals surface area contributed by atoms with Crippen molar-refractivity contribution in [2.45, 2.75) is 46.5 Å². The third-order valence-electron chi connectivity index (χ3n) is 5.87. The number of aromatic nitrogens is 1. The predicted octanol–water partition coefficient (Wildman–Crippen LogP) is 3.53. The molecule has 3 rings (SSSR count). The lowest BCUT2D eigenvalue weighted by Gasteiger charge is -2.27. The molecule has 1 aliphatic carbocycles. The highest BCUT2D eigenvalue weighted by Gasteiger charge is 2.34. The molecule has 0 amide bonds. The van der Waals surface area contributed by atoms with Crippen molar-refractivity contribution >= 4 is 27.2 Å². The van der Waals surface area contributed by atoms with Crippen molar-refractivity contribution in [3.05, 3.63) is 35.5 Å².